The second-order valence-electron chi connectivity index (χ2n) is 6.99. The SMILES string of the molecule is O=C(CCCc1nc(-c2cccnc2)no1)N1CCC(Oc2cccnc2)CC1. The van der Waals surface area contributed by atoms with Crippen molar-refractivity contribution in [2.24, 2.45) is 0 Å². The second kappa shape index (κ2) is 9.27. The third-order valence-corrected chi connectivity index (χ3v) is 4.90. The van der Waals surface area contributed by atoms with Gasteiger partial charge in [-0.1, -0.05) is 5.16 Å². The number of carbonyl (C=O) groups is 1. The maximum Gasteiger partial charge on any atom is 0.226 e. The van der Waals surface area contributed by atoms with E-state index in [1.807, 2.05) is 29.2 Å². The van der Waals surface area contributed by atoms with Crippen LogP contribution in [0.2, 0.25) is 0 Å². The van der Waals surface area contributed by atoms with Crippen LogP contribution in [0.3, 0.4) is 0 Å². The number of amides is 1. The van der Waals surface area contributed by atoms with Crippen LogP contribution < -0.4 is 4.74 Å². The highest BCUT2D eigenvalue weighted by molar-refractivity contribution is 5.76. The number of nitrogens with zero attached hydrogens (tertiary/aromatic N) is 5. The van der Waals surface area contributed by atoms with Gasteiger partial charge in [0.1, 0.15) is 11.9 Å². The molecule has 0 aromatic carbocycles. The molecule has 4 rings (SSSR count). The van der Waals surface area contributed by atoms with Crippen molar-refractivity contribution < 1.29 is 14.1 Å². The smallest absolute Gasteiger partial charge is 0.226 e. The normalized spacial score (nSPS) is 14.7. The van der Waals surface area contributed by atoms with Crippen molar-refractivity contribution in [1.29, 1.82) is 0 Å². The third kappa shape index (κ3) is 5.16. The molecule has 0 unspecified atom stereocenters. The molecule has 1 aliphatic heterocycles. The summed E-state index contributed by atoms with van der Waals surface area (Å²) in [5.41, 5.74) is 0.815. The summed E-state index contributed by atoms with van der Waals surface area (Å²) in [4.78, 5) is 26.9. The lowest BCUT2D eigenvalue weighted by Crippen LogP contribution is -2.41. The van der Waals surface area contributed by atoms with Crippen LogP contribution >= 0.6 is 0 Å². The predicted molar refractivity (Wildman–Crippen MR) is 105 cm³/mol. The predicted octanol–water partition coefficient (Wildman–Crippen LogP) is 2.92. The van der Waals surface area contributed by atoms with Crippen LogP contribution in [0.5, 0.6) is 5.75 Å². The van der Waals surface area contributed by atoms with Gasteiger partial charge in [0, 0.05) is 62.9 Å². The standard InChI is InChI=1S/C21H23N5O3/c27-20(26-12-8-17(9-13-26)28-18-5-3-11-23-15-18)7-1-6-19-24-21(25-29-19)16-4-2-10-22-14-16/h2-5,10-11,14-15,17H,1,6-9,12-13H2. The first-order valence-corrected chi connectivity index (χ1v) is 9.85. The number of hydrogen-bond donors (Lipinski definition) is 0. The van der Waals surface area contributed by atoms with Crippen LogP contribution in [-0.4, -0.2) is 50.1 Å². The Bertz CT molecular complexity index is 908. The number of aromatic nitrogens is 4. The molecular weight excluding hydrogens is 370 g/mol. The van der Waals surface area contributed by atoms with Crippen LogP contribution in [0.15, 0.2) is 53.6 Å². The van der Waals surface area contributed by atoms with E-state index in [-0.39, 0.29) is 12.0 Å². The van der Waals surface area contributed by atoms with Gasteiger partial charge in [-0.15, -0.1) is 0 Å². The maximum absolute atomic E-state index is 12.5. The molecule has 4 heterocycles. The summed E-state index contributed by atoms with van der Waals surface area (Å²) in [6.45, 7) is 1.44. The Balaban J connectivity index is 1.18. The molecule has 0 spiro atoms. The first-order chi connectivity index (χ1) is 14.3. The summed E-state index contributed by atoms with van der Waals surface area (Å²) in [5, 5.41) is 3.98. The van der Waals surface area contributed by atoms with Crippen molar-refractivity contribution >= 4 is 5.91 Å². The van der Waals surface area contributed by atoms with E-state index >= 15 is 0 Å². The van der Waals surface area contributed by atoms with Gasteiger partial charge in [0.15, 0.2) is 0 Å². The minimum absolute atomic E-state index is 0.132. The number of rotatable bonds is 7. The van der Waals surface area contributed by atoms with E-state index in [1.54, 1.807) is 24.8 Å². The molecule has 0 atom stereocenters. The Kier molecular flexibility index (Phi) is 6.09. The van der Waals surface area contributed by atoms with Gasteiger partial charge in [-0.05, 0) is 30.7 Å². The highest BCUT2D eigenvalue weighted by Crippen LogP contribution is 2.19. The molecule has 0 radical (unpaired) electrons. The topological polar surface area (TPSA) is 94.2 Å². The minimum Gasteiger partial charge on any atom is -0.489 e. The highest BCUT2D eigenvalue weighted by atomic mass is 16.5. The van der Waals surface area contributed by atoms with Crippen LogP contribution in [0.1, 0.15) is 31.6 Å². The van der Waals surface area contributed by atoms with Gasteiger partial charge in [-0.3, -0.25) is 14.8 Å². The molecular formula is C21H23N5O3. The van der Waals surface area contributed by atoms with E-state index in [0.717, 1.165) is 37.2 Å². The summed E-state index contributed by atoms with van der Waals surface area (Å²) in [5.74, 6) is 2.01. The Labute approximate surface area is 168 Å². The van der Waals surface area contributed by atoms with E-state index in [9.17, 15) is 4.79 Å². The fourth-order valence-electron chi connectivity index (χ4n) is 3.35. The fourth-order valence-corrected chi connectivity index (χ4v) is 3.35. The second-order valence-corrected chi connectivity index (χ2v) is 6.99. The number of ether oxygens (including phenoxy) is 1. The van der Waals surface area contributed by atoms with Gasteiger partial charge in [0.25, 0.3) is 0 Å². The number of piperidine rings is 1. The molecule has 0 bridgehead atoms. The minimum atomic E-state index is 0.132. The van der Waals surface area contributed by atoms with Crippen molar-refractivity contribution in [3.05, 3.63) is 54.9 Å². The average molecular weight is 393 g/mol. The van der Waals surface area contributed by atoms with E-state index in [0.29, 0.717) is 31.0 Å². The molecule has 0 N–H and O–H groups in total. The fraction of sp³-hybridized carbons (Fsp3) is 0.381. The zero-order valence-electron chi connectivity index (χ0n) is 16.1. The van der Waals surface area contributed by atoms with Gasteiger partial charge in [0.05, 0.1) is 6.20 Å². The zero-order chi connectivity index (χ0) is 19.9. The molecule has 1 amide bonds. The van der Waals surface area contributed by atoms with E-state index < -0.39 is 0 Å². The summed E-state index contributed by atoms with van der Waals surface area (Å²) < 4.78 is 11.2. The van der Waals surface area contributed by atoms with Crippen molar-refractivity contribution in [3.63, 3.8) is 0 Å². The van der Waals surface area contributed by atoms with E-state index in [1.165, 1.54) is 0 Å². The maximum atomic E-state index is 12.5. The van der Waals surface area contributed by atoms with Gasteiger partial charge in [-0.2, -0.15) is 4.98 Å². The van der Waals surface area contributed by atoms with Crippen LogP contribution in [0, 0.1) is 0 Å². The first kappa shape index (κ1) is 19.0. The van der Waals surface area contributed by atoms with Crippen molar-refractivity contribution in [3.8, 4) is 17.1 Å². The van der Waals surface area contributed by atoms with E-state index in [2.05, 4.69) is 20.1 Å². The Morgan fingerprint density at radius 2 is 1.93 bits per heavy atom. The van der Waals surface area contributed by atoms with Gasteiger partial charge >= 0.3 is 0 Å². The van der Waals surface area contributed by atoms with E-state index in [4.69, 9.17) is 9.26 Å². The molecule has 1 saturated heterocycles. The van der Waals surface area contributed by atoms with Crippen LogP contribution in [-0.2, 0) is 11.2 Å². The Hall–Kier alpha value is -3.29. The summed E-state index contributed by atoms with van der Waals surface area (Å²) >= 11 is 0. The molecule has 0 saturated carbocycles. The van der Waals surface area contributed by atoms with Gasteiger partial charge in [-0.25, -0.2) is 0 Å². The van der Waals surface area contributed by atoms with Gasteiger partial charge in [0.2, 0.25) is 17.6 Å². The van der Waals surface area contributed by atoms with Crippen LogP contribution in [0.4, 0.5) is 0 Å². The summed E-state index contributed by atoms with van der Waals surface area (Å²) in [6.07, 6.45) is 10.4. The lowest BCUT2D eigenvalue weighted by atomic mass is 10.1. The van der Waals surface area contributed by atoms with Crippen molar-refractivity contribution in [2.45, 2.75) is 38.2 Å². The molecule has 150 valence electrons. The Morgan fingerprint density at radius 3 is 2.66 bits per heavy atom. The molecule has 1 aliphatic rings. The van der Waals surface area contributed by atoms with Gasteiger partial charge < -0.3 is 14.2 Å². The average Bonchev–Trinajstić information content (AvgIpc) is 3.24. The number of pyridine rings is 2. The van der Waals surface area contributed by atoms with Crippen molar-refractivity contribution in [2.75, 3.05) is 13.1 Å². The molecule has 8 heteroatoms. The quantitative estimate of drug-likeness (QED) is 0.609. The monoisotopic (exact) mass is 393 g/mol. The largest absolute Gasteiger partial charge is 0.489 e. The Morgan fingerprint density at radius 1 is 1.14 bits per heavy atom. The summed E-state index contributed by atoms with van der Waals surface area (Å²) in [6, 6.07) is 7.47. The molecule has 1 fully saturated rings. The molecule has 8 nitrogen and oxygen atoms in total. The number of hydrogen-bond acceptors (Lipinski definition) is 7. The first-order valence-electron chi connectivity index (χ1n) is 9.85. The molecule has 0 aliphatic carbocycles. The lowest BCUT2D eigenvalue weighted by Gasteiger charge is -2.32. The zero-order valence-corrected chi connectivity index (χ0v) is 16.1. The molecule has 3 aromatic rings. The number of likely N-dealkylation sites (tertiary alicyclic amines) is 1. The summed E-state index contributed by atoms with van der Waals surface area (Å²) in [7, 11) is 0. The van der Waals surface area contributed by atoms with Crippen molar-refractivity contribution in [1.82, 2.24) is 25.0 Å². The molecule has 3 aromatic heterocycles. The number of aryl methyl sites for hydroxylation is 1. The molecule has 29 heavy (non-hydrogen) atoms. The van der Waals surface area contributed by atoms with Crippen LogP contribution in [0.25, 0.3) is 11.4 Å². The highest BCUT2D eigenvalue weighted by Gasteiger charge is 2.23. The third-order valence-electron chi connectivity index (χ3n) is 4.90. The number of carbonyl (C=O) groups excluding carboxylic acids is 1. The lowest BCUT2D eigenvalue weighted by molar-refractivity contribution is -0.133.